The predicted octanol–water partition coefficient (Wildman–Crippen LogP) is 4.94. The fourth-order valence-corrected chi connectivity index (χ4v) is 4.33. The Balaban J connectivity index is 2.19. The van der Waals surface area contributed by atoms with Gasteiger partial charge in [-0.3, -0.25) is 9.59 Å². The predicted molar refractivity (Wildman–Crippen MR) is 131 cm³/mol. The smallest absolute Gasteiger partial charge is 0.295 e. The van der Waals surface area contributed by atoms with Crippen molar-refractivity contribution in [3.8, 4) is 11.5 Å². The number of hydrogen-bond donors (Lipinski definition) is 1. The second kappa shape index (κ2) is 10.9. The Kier molecular flexibility index (Phi) is 8.23. The van der Waals surface area contributed by atoms with Crippen molar-refractivity contribution in [2.24, 2.45) is 0 Å². The van der Waals surface area contributed by atoms with E-state index in [1.807, 2.05) is 24.3 Å². The van der Waals surface area contributed by atoms with E-state index in [1.54, 1.807) is 7.11 Å². The first-order chi connectivity index (χ1) is 16.2. The highest BCUT2D eigenvalue weighted by Gasteiger charge is 2.46. The molecule has 2 aromatic rings. The highest BCUT2D eigenvalue weighted by molar-refractivity contribution is 6.46. The molecule has 1 heterocycles. The van der Waals surface area contributed by atoms with Crippen molar-refractivity contribution in [3.63, 3.8) is 0 Å². The Morgan fingerprint density at radius 1 is 1.06 bits per heavy atom. The molecule has 0 aliphatic carbocycles. The van der Waals surface area contributed by atoms with Gasteiger partial charge >= 0.3 is 0 Å². The lowest BCUT2D eigenvalue weighted by molar-refractivity contribution is -0.140. The van der Waals surface area contributed by atoms with Gasteiger partial charge in [0.25, 0.3) is 11.7 Å². The van der Waals surface area contributed by atoms with Gasteiger partial charge in [0, 0.05) is 26.3 Å². The van der Waals surface area contributed by atoms with Crippen molar-refractivity contribution in [2.75, 3.05) is 34.5 Å². The normalized spacial score (nSPS) is 17.5. The first kappa shape index (κ1) is 25.6. The number of ketones is 1. The summed E-state index contributed by atoms with van der Waals surface area (Å²) in [4.78, 5) is 27.7. The number of rotatable bonds is 9. The molecular weight excluding hydrogens is 458 g/mol. The van der Waals surface area contributed by atoms with E-state index in [2.05, 4.69) is 13.8 Å². The molecule has 1 aliphatic heterocycles. The summed E-state index contributed by atoms with van der Waals surface area (Å²) in [5.41, 5.74) is 2.04. The number of carbonyl (C=O) groups excluding carboxylic acids is 2. The average Bonchev–Trinajstić information content (AvgIpc) is 3.08. The number of Topliss-reactive ketones (excluding diaryl/α,β-unsaturated/α-hetero) is 1. The molecule has 1 saturated heterocycles. The van der Waals surface area contributed by atoms with Crippen LogP contribution in [-0.2, 0) is 14.3 Å². The van der Waals surface area contributed by atoms with Crippen molar-refractivity contribution >= 4 is 29.1 Å². The summed E-state index contributed by atoms with van der Waals surface area (Å²) >= 11 is 6.30. The van der Waals surface area contributed by atoms with Gasteiger partial charge in [-0.25, -0.2) is 0 Å². The van der Waals surface area contributed by atoms with E-state index >= 15 is 0 Å². The number of nitrogens with zero attached hydrogens (tertiary/aromatic N) is 1. The van der Waals surface area contributed by atoms with Crippen LogP contribution in [0.4, 0.5) is 0 Å². The number of aliphatic hydroxyl groups is 1. The zero-order valence-corrected chi connectivity index (χ0v) is 20.8. The summed E-state index contributed by atoms with van der Waals surface area (Å²) in [6, 6.07) is 9.95. The molecule has 0 radical (unpaired) electrons. The number of ether oxygens (including phenoxy) is 3. The van der Waals surface area contributed by atoms with Gasteiger partial charge in [0.15, 0.2) is 0 Å². The molecule has 1 atom stereocenters. The average molecular weight is 488 g/mol. The van der Waals surface area contributed by atoms with E-state index in [0.717, 1.165) is 11.1 Å². The van der Waals surface area contributed by atoms with Gasteiger partial charge in [0.05, 0.1) is 36.4 Å². The van der Waals surface area contributed by atoms with Crippen LogP contribution in [0.2, 0.25) is 5.02 Å². The standard InChI is InChI=1S/C26H30ClNO6/c1-15(2)16-7-9-17(10-8-16)23-22(25(30)26(31)28(23)11-6-12-32-3)24(29)18-13-19(27)21(34-5)14-20(18)33-4/h7-10,13-15,23,29H,6,11-12H2,1-5H3/b24-22+. The summed E-state index contributed by atoms with van der Waals surface area (Å²) < 4.78 is 15.8. The molecule has 1 aliphatic rings. The fourth-order valence-electron chi connectivity index (χ4n) is 4.09. The number of methoxy groups -OCH3 is 3. The van der Waals surface area contributed by atoms with Crippen LogP contribution in [0.15, 0.2) is 42.0 Å². The Bertz CT molecular complexity index is 1090. The summed E-state index contributed by atoms with van der Waals surface area (Å²) in [7, 11) is 4.48. The Hall–Kier alpha value is -3.03. The van der Waals surface area contributed by atoms with Crippen LogP contribution in [0.5, 0.6) is 11.5 Å². The highest BCUT2D eigenvalue weighted by Crippen LogP contribution is 2.43. The molecule has 1 N–H and O–H groups in total. The molecule has 0 spiro atoms. The van der Waals surface area contributed by atoms with Crippen LogP contribution in [-0.4, -0.2) is 56.2 Å². The van der Waals surface area contributed by atoms with Crippen LogP contribution in [0.1, 0.15) is 48.9 Å². The number of halogens is 1. The maximum atomic E-state index is 13.2. The van der Waals surface area contributed by atoms with Crippen molar-refractivity contribution in [1.29, 1.82) is 0 Å². The van der Waals surface area contributed by atoms with E-state index in [0.29, 0.717) is 31.2 Å². The number of aliphatic hydroxyl groups excluding tert-OH is 1. The zero-order valence-electron chi connectivity index (χ0n) is 20.1. The lowest BCUT2D eigenvalue weighted by atomic mass is 9.93. The van der Waals surface area contributed by atoms with E-state index in [1.165, 1.54) is 31.3 Å². The topological polar surface area (TPSA) is 85.3 Å². The second-order valence-electron chi connectivity index (χ2n) is 8.35. The largest absolute Gasteiger partial charge is 0.507 e. The molecule has 0 bridgehead atoms. The van der Waals surface area contributed by atoms with E-state index < -0.39 is 17.7 Å². The summed E-state index contributed by atoms with van der Waals surface area (Å²) in [6.45, 7) is 4.91. The Morgan fingerprint density at radius 3 is 2.26 bits per heavy atom. The minimum atomic E-state index is -0.762. The number of hydrogen-bond acceptors (Lipinski definition) is 6. The molecule has 34 heavy (non-hydrogen) atoms. The highest BCUT2D eigenvalue weighted by atomic mass is 35.5. The molecule has 2 aromatic carbocycles. The molecule has 1 unspecified atom stereocenters. The quantitative estimate of drug-likeness (QED) is 0.233. The first-order valence-electron chi connectivity index (χ1n) is 11.0. The van der Waals surface area contributed by atoms with Crippen molar-refractivity contribution in [2.45, 2.75) is 32.2 Å². The molecule has 8 heteroatoms. The van der Waals surface area contributed by atoms with Gasteiger partial charge in [0.2, 0.25) is 0 Å². The number of carbonyl (C=O) groups is 2. The zero-order chi connectivity index (χ0) is 25.0. The summed E-state index contributed by atoms with van der Waals surface area (Å²) in [6.07, 6.45) is 0.543. The monoisotopic (exact) mass is 487 g/mol. The number of benzene rings is 2. The third-order valence-electron chi connectivity index (χ3n) is 5.94. The van der Waals surface area contributed by atoms with Crippen LogP contribution in [0.3, 0.4) is 0 Å². The van der Waals surface area contributed by atoms with E-state index in [9.17, 15) is 14.7 Å². The minimum Gasteiger partial charge on any atom is -0.507 e. The maximum Gasteiger partial charge on any atom is 0.295 e. The third-order valence-corrected chi connectivity index (χ3v) is 6.23. The van der Waals surface area contributed by atoms with E-state index in [4.69, 9.17) is 25.8 Å². The lowest BCUT2D eigenvalue weighted by Crippen LogP contribution is -2.31. The molecule has 0 saturated carbocycles. The number of amides is 1. The Labute approximate surface area is 204 Å². The molecule has 7 nitrogen and oxygen atoms in total. The van der Waals surface area contributed by atoms with Gasteiger partial charge in [0.1, 0.15) is 17.3 Å². The fraction of sp³-hybridized carbons (Fsp3) is 0.385. The molecular formula is C26H30ClNO6. The van der Waals surface area contributed by atoms with Crippen molar-refractivity contribution in [3.05, 3.63) is 63.7 Å². The van der Waals surface area contributed by atoms with Gasteiger partial charge in [-0.2, -0.15) is 0 Å². The van der Waals surface area contributed by atoms with Crippen LogP contribution in [0.25, 0.3) is 5.76 Å². The SMILES string of the molecule is COCCCN1C(=O)C(=O)/C(=C(/O)c2cc(Cl)c(OC)cc2OC)C1c1ccc(C(C)C)cc1. The van der Waals surface area contributed by atoms with Gasteiger partial charge in [-0.15, -0.1) is 0 Å². The molecule has 182 valence electrons. The van der Waals surface area contributed by atoms with Gasteiger partial charge in [-0.05, 0) is 29.5 Å². The van der Waals surface area contributed by atoms with Gasteiger partial charge < -0.3 is 24.2 Å². The number of likely N-dealkylation sites (tertiary alicyclic amines) is 1. The molecule has 1 amide bonds. The van der Waals surface area contributed by atoms with Crippen LogP contribution in [0, 0.1) is 0 Å². The van der Waals surface area contributed by atoms with Crippen molar-refractivity contribution < 1.29 is 28.9 Å². The molecule has 0 aromatic heterocycles. The summed E-state index contributed by atoms with van der Waals surface area (Å²) in [5.74, 6) is -0.843. The first-order valence-corrected chi connectivity index (χ1v) is 11.4. The maximum absolute atomic E-state index is 13.2. The lowest BCUT2D eigenvalue weighted by Gasteiger charge is -2.26. The second-order valence-corrected chi connectivity index (χ2v) is 8.75. The van der Waals surface area contributed by atoms with Crippen LogP contribution >= 0.6 is 11.6 Å². The van der Waals surface area contributed by atoms with Crippen molar-refractivity contribution in [1.82, 2.24) is 4.90 Å². The van der Waals surface area contributed by atoms with E-state index in [-0.39, 0.29) is 27.7 Å². The Morgan fingerprint density at radius 2 is 1.71 bits per heavy atom. The molecule has 1 fully saturated rings. The molecule has 3 rings (SSSR count). The van der Waals surface area contributed by atoms with Crippen LogP contribution < -0.4 is 9.47 Å². The minimum absolute atomic E-state index is 0.0146. The van der Waals surface area contributed by atoms with Gasteiger partial charge in [-0.1, -0.05) is 49.7 Å². The summed E-state index contributed by atoms with van der Waals surface area (Å²) in [5, 5.41) is 11.6. The third kappa shape index (κ3) is 4.91.